The molecule has 37 heavy (non-hydrogen) atoms. The van der Waals surface area contributed by atoms with Crippen LogP contribution in [0, 0.1) is 5.92 Å². The third-order valence-corrected chi connectivity index (χ3v) is 6.36. The van der Waals surface area contributed by atoms with Crippen LogP contribution >= 0.6 is 11.6 Å². The zero-order valence-corrected chi connectivity index (χ0v) is 21.6. The molecule has 1 aliphatic carbocycles. The third kappa shape index (κ3) is 7.07. The second-order valence-corrected chi connectivity index (χ2v) is 9.20. The van der Waals surface area contributed by atoms with Crippen molar-refractivity contribution in [3.8, 4) is 0 Å². The first-order valence-corrected chi connectivity index (χ1v) is 12.2. The van der Waals surface area contributed by atoms with Gasteiger partial charge in [-0.3, -0.25) is 14.4 Å². The summed E-state index contributed by atoms with van der Waals surface area (Å²) in [7, 11) is 1.44. The van der Waals surface area contributed by atoms with Crippen LogP contribution in [0.4, 0.5) is 5.69 Å². The molecule has 8 nitrogen and oxygen atoms in total. The van der Waals surface area contributed by atoms with Crippen molar-refractivity contribution in [2.24, 2.45) is 5.92 Å². The number of Topliss-reactive ketones (excluding diaryl/α,β-unsaturated/α-hetero) is 1. The minimum atomic E-state index is -1.07. The van der Waals surface area contributed by atoms with Crippen LogP contribution in [-0.2, 0) is 14.3 Å². The molecule has 194 valence electrons. The summed E-state index contributed by atoms with van der Waals surface area (Å²) in [5, 5.41) is 12.3. The molecular weight excluding hydrogens is 496 g/mol. The lowest BCUT2D eigenvalue weighted by Gasteiger charge is -2.26. The number of aromatic carboxylic acids is 1. The summed E-state index contributed by atoms with van der Waals surface area (Å²) in [5.74, 6) is -1.05. The molecule has 0 spiro atoms. The van der Waals surface area contributed by atoms with Gasteiger partial charge in [0.1, 0.15) is 11.8 Å². The Morgan fingerprint density at radius 1 is 1.16 bits per heavy atom. The molecule has 1 aliphatic rings. The minimum absolute atomic E-state index is 0.0968. The molecule has 0 radical (unpaired) electrons. The number of methoxy groups -OCH3 is 1. The number of ketones is 1. The van der Waals surface area contributed by atoms with Gasteiger partial charge in [-0.25, -0.2) is 4.79 Å². The van der Waals surface area contributed by atoms with Crippen LogP contribution in [0.2, 0.25) is 5.02 Å². The van der Waals surface area contributed by atoms with Gasteiger partial charge in [-0.2, -0.15) is 0 Å². The molecule has 0 aliphatic heterocycles. The lowest BCUT2D eigenvalue weighted by atomic mass is 9.96. The maximum atomic E-state index is 13.3. The van der Waals surface area contributed by atoms with E-state index in [4.69, 9.17) is 21.4 Å². The lowest BCUT2D eigenvalue weighted by molar-refractivity contribution is -0.127. The molecule has 1 unspecified atom stereocenters. The standard InChI is InChI=1S/C28H29ClN2O6/c1-4-22(24-14-20(29)9-12-23(24)17(2)33)26(37-3)15-31(16-32)25(13-18-5-6-18)27(34)30-21-10-7-19(8-11-21)28(35)36/h4,7-12,14-16,18,25H,5-6,13H2,1-3H3,(H,30,34)(H,35,36)/b22-4-,26-15+. The van der Waals surface area contributed by atoms with Gasteiger partial charge in [0, 0.05) is 21.8 Å². The van der Waals surface area contributed by atoms with E-state index in [1.807, 2.05) is 0 Å². The first-order chi connectivity index (χ1) is 17.7. The normalized spacial score (nSPS) is 14.5. The van der Waals surface area contributed by atoms with E-state index in [2.05, 4.69) is 5.32 Å². The molecule has 1 fully saturated rings. The Balaban J connectivity index is 1.95. The molecule has 3 rings (SSSR count). The number of rotatable bonds is 12. The van der Waals surface area contributed by atoms with Crippen LogP contribution in [0.5, 0.6) is 0 Å². The van der Waals surface area contributed by atoms with E-state index in [1.165, 1.54) is 49.4 Å². The summed E-state index contributed by atoms with van der Waals surface area (Å²) in [6, 6.07) is 9.86. The second kappa shape index (κ2) is 12.4. The Kier molecular flexibility index (Phi) is 9.25. The predicted octanol–water partition coefficient (Wildman–Crippen LogP) is 5.40. The summed E-state index contributed by atoms with van der Waals surface area (Å²) >= 11 is 6.21. The number of allylic oxidation sites excluding steroid dienone is 2. The number of nitrogens with one attached hydrogen (secondary N) is 1. The molecule has 0 bridgehead atoms. The smallest absolute Gasteiger partial charge is 0.335 e. The van der Waals surface area contributed by atoms with Gasteiger partial charge in [-0.1, -0.05) is 30.5 Å². The Labute approximate surface area is 220 Å². The van der Waals surface area contributed by atoms with Gasteiger partial charge in [0.05, 0.1) is 18.9 Å². The average molecular weight is 525 g/mol. The highest BCUT2D eigenvalue weighted by atomic mass is 35.5. The van der Waals surface area contributed by atoms with Crippen LogP contribution in [-0.4, -0.2) is 47.2 Å². The number of carbonyl (C=O) groups excluding carboxylic acids is 3. The number of benzene rings is 2. The zero-order chi connectivity index (χ0) is 27.1. The van der Waals surface area contributed by atoms with Crippen LogP contribution in [0.1, 0.15) is 59.4 Å². The number of carboxylic acid groups (broad SMARTS) is 1. The topological polar surface area (TPSA) is 113 Å². The van der Waals surface area contributed by atoms with E-state index in [9.17, 15) is 19.2 Å². The van der Waals surface area contributed by atoms with Gasteiger partial charge < -0.3 is 20.1 Å². The number of carbonyl (C=O) groups is 4. The third-order valence-electron chi connectivity index (χ3n) is 6.13. The minimum Gasteiger partial charge on any atom is -0.495 e. The summed E-state index contributed by atoms with van der Waals surface area (Å²) < 4.78 is 5.62. The number of hydrogen-bond donors (Lipinski definition) is 2. The number of amides is 2. The van der Waals surface area contributed by atoms with Gasteiger partial charge in [0.15, 0.2) is 5.78 Å². The van der Waals surface area contributed by atoms with E-state index >= 15 is 0 Å². The molecule has 1 saturated carbocycles. The SMILES string of the molecule is C/C=C(\C(=C/N(C=O)C(CC1CC1)C(=O)Nc1ccc(C(=O)O)cc1)OC)c1cc(Cl)ccc1C(C)=O. The molecule has 2 amide bonds. The quantitative estimate of drug-likeness (QED) is 0.166. The first kappa shape index (κ1) is 27.7. The van der Waals surface area contributed by atoms with Crippen molar-refractivity contribution in [2.45, 2.75) is 39.2 Å². The summed E-state index contributed by atoms with van der Waals surface area (Å²) in [6.07, 6.45) is 6.15. The van der Waals surface area contributed by atoms with Gasteiger partial charge in [0.2, 0.25) is 12.3 Å². The number of carboxylic acids is 1. The van der Waals surface area contributed by atoms with Crippen molar-refractivity contribution in [1.82, 2.24) is 4.90 Å². The van der Waals surface area contributed by atoms with Crippen LogP contribution in [0.3, 0.4) is 0 Å². The van der Waals surface area contributed by atoms with Gasteiger partial charge in [-0.15, -0.1) is 0 Å². The van der Waals surface area contributed by atoms with Crippen molar-refractivity contribution in [1.29, 1.82) is 0 Å². The molecule has 1 atom stereocenters. The summed E-state index contributed by atoms with van der Waals surface area (Å²) in [5.41, 5.74) is 2.03. The van der Waals surface area contributed by atoms with E-state index in [-0.39, 0.29) is 17.1 Å². The fourth-order valence-corrected chi connectivity index (χ4v) is 4.17. The van der Waals surface area contributed by atoms with Crippen LogP contribution in [0.15, 0.2) is 60.5 Å². The molecule has 2 aromatic rings. The van der Waals surface area contributed by atoms with Gasteiger partial charge >= 0.3 is 5.97 Å². The van der Waals surface area contributed by atoms with E-state index in [0.717, 1.165) is 12.8 Å². The summed E-state index contributed by atoms with van der Waals surface area (Å²) in [4.78, 5) is 50.2. The highest BCUT2D eigenvalue weighted by molar-refractivity contribution is 6.31. The Morgan fingerprint density at radius 3 is 2.35 bits per heavy atom. The predicted molar refractivity (Wildman–Crippen MR) is 141 cm³/mol. The van der Waals surface area contributed by atoms with Crippen molar-refractivity contribution in [2.75, 3.05) is 12.4 Å². The number of nitrogens with zero attached hydrogens (tertiary/aromatic N) is 1. The number of ether oxygens (including phenoxy) is 1. The van der Waals surface area contributed by atoms with E-state index in [1.54, 1.807) is 31.2 Å². The number of anilines is 1. The molecule has 2 aromatic carbocycles. The molecule has 0 heterocycles. The Hall–Kier alpha value is -3.91. The maximum absolute atomic E-state index is 13.3. The lowest BCUT2D eigenvalue weighted by Crippen LogP contribution is -2.41. The Morgan fingerprint density at radius 2 is 1.84 bits per heavy atom. The first-order valence-electron chi connectivity index (χ1n) is 11.8. The fraction of sp³-hybridized carbons (Fsp3) is 0.286. The summed E-state index contributed by atoms with van der Waals surface area (Å²) in [6.45, 7) is 3.22. The average Bonchev–Trinajstić information content (AvgIpc) is 3.69. The largest absolute Gasteiger partial charge is 0.495 e. The highest BCUT2D eigenvalue weighted by Crippen LogP contribution is 2.36. The second-order valence-electron chi connectivity index (χ2n) is 8.77. The van der Waals surface area contributed by atoms with Crippen molar-refractivity contribution < 1.29 is 29.0 Å². The fourth-order valence-electron chi connectivity index (χ4n) is 3.99. The van der Waals surface area contributed by atoms with Crippen molar-refractivity contribution in [3.05, 3.63) is 82.2 Å². The molecule has 0 saturated heterocycles. The van der Waals surface area contributed by atoms with E-state index in [0.29, 0.717) is 46.2 Å². The molecule has 0 aromatic heterocycles. The van der Waals surface area contributed by atoms with Gasteiger partial charge in [0.25, 0.3) is 0 Å². The van der Waals surface area contributed by atoms with Crippen molar-refractivity contribution >= 4 is 46.9 Å². The van der Waals surface area contributed by atoms with Crippen molar-refractivity contribution in [3.63, 3.8) is 0 Å². The zero-order valence-electron chi connectivity index (χ0n) is 20.9. The van der Waals surface area contributed by atoms with Gasteiger partial charge in [-0.05, 0) is 74.2 Å². The molecule has 9 heteroatoms. The molecule has 2 N–H and O–H groups in total. The number of halogens is 1. The van der Waals surface area contributed by atoms with Crippen LogP contribution in [0.25, 0.3) is 5.57 Å². The molecular formula is C28H29ClN2O6. The monoisotopic (exact) mass is 524 g/mol. The highest BCUT2D eigenvalue weighted by Gasteiger charge is 2.33. The number of hydrogen-bond acceptors (Lipinski definition) is 5. The Bertz CT molecular complexity index is 1250. The maximum Gasteiger partial charge on any atom is 0.335 e. The van der Waals surface area contributed by atoms with Crippen LogP contribution < -0.4 is 5.32 Å². The van der Waals surface area contributed by atoms with E-state index < -0.39 is 17.9 Å².